The topological polar surface area (TPSA) is 55.8 Å². The first-order valence-corrected chi connectivity index (χ1v) is 6.66. The number of carbonyl (C=O) groups is 1. The Labute approximate surface area is 123 Å². The maximum absolute atomic E-state index is 11.6. The third kappa shape index (κ3) is 3.83. The summed E-state index contributed by atoms with van der Waals surface area (Å²) in [5.41, 5.74) is 2.25. The number of hydrogen-bond donors (Lipinski definition) is 1. The van der Waals surface area contributed by atoms with Crippen LogP contribution < -0.4 is 4.74 Å². The van der Waals surface area contributed by atoms with Crippen molar-refractivity contribution in [1.82, 2.24) is 0 Å². The molecule has 0 fully saturated rings. The molecule has 0 amide bonds. The average Bonchev–Trinajstić information content (AvgIpc) is 2.52. The SMILES string of the molecule is COC(=O)c1ccccc1OCC(O)c1ccc(C)cc1. The van der Waals surface area contributed by atoms with Crippen molar-refractivity contribution in [2.45, 2.75) is 13.0 Å². The number of rotatable bonds is 5. The molecule has 4 heteroatoms. The van der Waals surface area contributed by atoms with Gasteiger partial charge in [-0.1, -0.05) is 42.0 Å². The van der Waals surface area contributed by atoms with Crippen molar-refractivity contribution in [2.75, 3.05) is 13.7 Å². The highest BCUT2D eigenvalue weighted by Gasteiger charge is 2.14. The molecule has 4 nitrogen and oxygen atoms in total. The first-order valence-electron chi connectivity index (χ1n) is 6.66. The molecule has 0 saturated carbocycles. The number of esters is 1. The summed E-state index contributed by atoms with van der Waals surface area (Å²) in [5, 5.41) is 10.1. The fourth-order valence-electron chi connectivity index (χ4n) is 1.92. The zero-order chi connectivity index (χ0) is 15.2. The first-order chi connectivity index (χ1) is 10.1. The largest absolute Gasteiger partial charge is 0.490 e. The van der Waals surface area contributed by atoms with Crippen LogP contribution in [-0.4, -0.2) is 24.8 Å². The standard InChI is InChI=1S/C17H18O4/c1-12-7-9-13(10-8-12)15(18)11-21-16-6-4-3-5-14(16)17(19)20-2/h3-10,15,18H,11H2,1-2H3. The zero-order valence-electron chi connectivity index (χ0n) is 12.1. The second-order valence-corrected chi connectivity index (χ2v) is 4.73. The van der Waals surface area contributed by atoms with Crippen LogP contribution in [0.4, 0.5) is 0 Å². The fraction of sp³-hybridized carbons (Fsp3) is 0.235. The van der Waals surface area contributed by atoms with Gasteiger partial charge >= 0.3 is 5.97 Å². The van der Waals surface area contributed by atoms with Gasteiger partial charge in [-0.15, -0.1) is 0 Å². The second kappa shape index (κ2) is 6.90. The molecule has 0 saturated heterocycles. The van der Waals surface area contributed by atoms with E-state index in [0.29, 0.717) is 11.3 Å². The minimum Gasteiger partial charge on any atom is -0.490 e. The molecule has 1 unspecified atom stereocenters. The molecule has 0 aliphatic carbocycles. The van der Waals surface area contributed by atoms with E-state index < -0.39 is 12.1 Å². The number of aliphatic hydroxyl groups is 1. The van der Waals surface area contributed by atoms with Gasteiger partial charge in [0.2, 0.25) is 0 Å². The number of para-hydroxylation sites is 1. The van der Waals surface area contributed by atoms with Crippen LogP contribution in [0.5, 0.6) is 5.75 Å². The van der Waals surface area contributed by atoms with Crippen LogP contribution in [-0.2, 0) is 4.74 Å². The second-order valence-electron chi connectivity index (χ2n) is 4.73. The lowest BCUT2D eigenvalue weighted by Crippen LogP contribution is -2.12. The maximum Gasteiger partial charge on any atom is 0.341 e. The monoisotopic (exact) mass is 286 g/mol. The van der Waals surface area contributed by atoms with E-state index in [-0.39, 0.29) is 6.61 Å². The van der Waals surface area contributed by atoms with Crippen LogP contribution in [0.1, 0.15) is 27.6 Å². The summed E-state index contributed by atoms with van der Waals surface area (Å²) < 4.78 is 10.3. The third-order valence-corrected chi connectivity index (χ3v) is 3.15. The van der Waals surface area contributed by atoms with Gasteiger partial charge in [0.05, 0.1) is 7.11 Å². The van der Waals surface area contributed by atoms with Gasteiger partial charge in [0.1, 0.15) is 24.0 Å². The van der Waals surface area contributed by atoms with E-state index in [9.17, 15) is 9.90 Å². The molecule has 0 spiro atoms. The molecule has 0 aromatic heterocycles. The van der Waals surface area contributed by atoms with Crippen molar-refractivity contribution < 1.29 is 19.4 Å². The number of aryl methyl sites for hydroxylation is 1. The summed E-state index contributed by atoms with van der Waals surface area (Å²) in [4.78, 5) is 11.6. The Morgan fingerprint density at radius 1 is 1.14 bits per heavy atom. The van der Waals surface area contributed by atoms with Gasteiger partial charge in [0.15, 0.2) is 0 Å². The predicted molar refractivity (Wildman–Crippen MR) is 79.4 cm³/mol. The number of methoxy groups -OCH3 is 1. The summed E-state index contributed by atoms with van der Waals surface area (Å²) in [7, 11) is 1.32. The molecule has 0 aliphatic heterocycles. The molecule has 2 rings (SSSR count). The molecule has 0 radical (unpaired) electrons. The molecule has 110 valence electrons. The Morgan fingerprint density at radius 2 is 1.81 bits per heavy atom. The number of ether oxygens (including phenoxy) is 2. The Bertz CT molecular complexity index is 604. The maximum atomic E-state index is 11.6. The molecule has 1 atom stereocenters. The lowest BCUT2D eigenvalue weighted by atomic mass is 10.1. The summed E-state index contributed by atoms with van der Waals surface area (Å²) in [5.74, 6) is -0.0639. The normalized spacial score (nSPS) is 11.8. The van der Waals surface area contributed by atoms with E-state index in [0.717, 1.165) is 11.1 Å². The molecule has 0 bridgehead atoms. The molecule has 0 heterocycles. The van der Waals surface area contributed by atoms with Gasteiger partial charge in [0.25, 0.3) is 0 Å². The Kier molecular flexibility index (Phi) is 4.95. The number of hydrogen-bond acceptors (Lipinski definition) is 4. The summed E-state index contributed by atoms with van der Waals surface area (Å²) >= 11 is 0. The van der Waals surface area contributed by atoms with E-state index in [1.165, 1.54) is 7.11 Å². The predicted octanol–water partition coefficient (Wildman–Crippen LogP) is 2.89. The van der Waals surface area contributed by atoms with Gasteiger partial charge in [-0.2, -0.15) is 0 Å². The average molecular weight is 286 g/mol. The van der Waals surface area contributed by atoms with Crippen LogP contribution in [0.25, 0.3) is 0 Å². The lowest BCUT2D eigenvalue weighted by Gasteiger charge is -2.14. The Morgan fingerprint density at radius 3 is 2.48 bits per heavy atom. The third-order valence-electron chi connectivity index (χ3n) is 3.15. The van der Waals surface area contributed by atoms with Crippen molar-refractivity contribution in [1.29, 1.82) is 0 Å². The van der Waals surface area contributed by atoms with Crippen molar-refractivity contribution in [2.24, 2.45) is 0 Å². The van der Waals surface area contributed by atoms with Gasteiger partial charge in [-0.05, 0) is 24.6 Å². The minimum absolute atomic E-state index is 0.0665. The Hall–Kier alpha value is -2.33. The van der Waals surface area contributed by atoms with E-state index in [4.69, 9.17) is 9.47 Å². The fourth-order valence-corrected chi connectivity index (χ4v) is 1.92. The van der Waals surface area contributed by atoms with Crippen molar-refractivity contribution >= 4 is 5.97 Å². The van der Waals surface area contributed by atoms with E-state index in [1.807, 2.05) is 31.2 Å². The van der Waals surface area contributed by atoms with E-state index >= 15 is 0 Å². The van der Waals surface area contributed by atoms with E-state index in [1.54, 1.807) is 24.3 Å². The van der Waals surface area contributed by atoms with Crippen molar-refractivity contribution in [3.05, 3.63) is 65.2 Å². The van der Waals surface area contributed by atoms with Gasteiger partial charge < -0.3 is 14.6 Å². The molecule has 2 aromatic carbocycles. The zero-order valence-corrected chi connectivity index (χ0v) is 12.1. The van der Waals surface area contributed by atoms with Crippen LogP contribution >= 0.6 is 0 Å². The number of aliphatic hydroxyl groups excluding tert-OH is 1. The molecule has 1 N–H and O–H groups in total. The van der Waals surface area contributed by atoms with Crippen LogP contribution in [0.3, 0.4) is 0 Å². The van der Waals surface area contributed by atoms with E-state index in [2.05, 4.69) is 0 Å². The summed E-state index contributed by atoms with van der Waals surface area (Å²) in [6.45, 7) is 2.05. The summed E-state index contributed by atoms with van der Waals surface area (Å²) in [6, 6.07) is 14.4. The van der Waals surface area contributed by atoms with Crippen LogP contribution in [0, 0.1) is 6.92 Å². The highest BCUT2D eigenvalue weighted by Crippen LogP contribution is 2.21. The molecular weight excluding hydrogens is 268 g/mol. The van der Waals surface area contributed by atoms with Crippen LogP contribution in [0.2, 0.25) is 0 Å². The molecule has 2 aromatic rings. The highest BCUT2D eigenvalue weighted by atomic mass is 16.5. The van der Waals surface area contributed by atoms with Crippen molar-refractivity contribution in [3.63, 3.8) is 0 Å². The van der Waals surface area contributed by atoms with Crippen LogP contribution in [0.15, 0.2) is 48.5 Å². The summed E-state index contributed by atoms with van der Waals surface area (Å²) in [6.07, 6.45) is -0.753. The smallest absolute Gasteiger partial charge is 0.341 e. The quantitative estimate of drug-likeness (QED) is 0.859. The molecule has 0 aliphatic rings. The first kappa shape index (κ1) is 15.1. The van der Waals surface area contributed by atoms with Crippen molar-refractivity contribution in [3.8, 4) is 5.75 Å². The minimum atomic E-state index is -0.753. The van der Waals surface area contributed by atoms with Gasteiger partial charge in [-0.25, -0.2) is 4.79 Å². The number of carbonyl (C=O) groups excluding carboxylic acids is 1. The highest BCUT2D eigenvalue weighted by molar-refractivity contribution is 5.92. The number of benzene rings is 2. The molecule has 21 heavy (non-hydrogen) atoms. The lowest BCUT2D eigenvalue weighted by molar-refractivity contribution is 0.0589. The van der Waals surface area contributed by atoms with Gasteiger partial charge in [0, 0.05) is 0 Å². The Balaban J connectivity index is 2.06. The molecular formula is C17H18O4. The van der Waals surface area contributed by atoms with Gasteiger partial charge in [-0.3, -0.25) is 0 Å².